The van der Waals surface area contributed by atoms with Crippen LogP contribution in [0.5, 0.6) is 17.2 Å². The summed E-state index contributed by atoms with van der Waals surface area (Å²) >= 11 is 1.57. The third-order valence-electron chi connectivity index (χ3n) is 5.63. The van der Waals surface area contributed by atoms with Crippen LogP contribution in [0.2, 0.25) is 0 Å². The van der Waals surface area contributed by atoms with Gasteiger partial charge in [0.2, 0.25) is 0 Å². The molecule has 36 heavy (non-hydrogen) atoms. The second-order valence-corrected chi connectivity index (χ2v) is 8.94. The second kappa shape index (κ2) is 8.97. The molecule has 2 aromatic carbocycles. The molecule has 0 aliphatic rings. The van der Waals surface area contributed by atoms with Gasteiger partial charge in [-0.15, -0.1) is 11.3 Å². The predicted molar refractivity (Wildman–Crippen MR) is 136 cm³/mol. The number of fused-ring (bicyclic) bond motifs is 2. The normalized spacial score (nSPS) is 11.3. The molecule has 0 amide bonds. The van der Waals surface area contributed by atoms with Crippen molar-refractivity contribution < 1.29 is 18.6 Å². The third-order valence-corrected chi connectivity index (χ3v) is 6.57. The van der Waals surface area contributed by atoms with Crippen LogP contribution < -0.4 is 14.2 Å². The largest absolute Gasteiger partial charge is 0.497 e. The molecule has 0 radical (unpaired) electrons. The number of rotatable bonds is 7. The first-order valence-electron chi connectivity index (χ1n) is 11.1. The average Bonchev–Trinajstić information content (AvgIpc) is 3.64. The van der Waals surface area contributed by atoms with Gasteiger partial charge in [-0.1, -0.05) is 0 Å². The van der Waals surface area contributed by atoms with Crippen LogP contribution in [0.4, 0.5) is 0 Å². The number of benzene rings is 2. The minimum atomic E-state index is 0.302. The molecule has 0 N–H and O–H groups in total. The smallest absolute Gasteiger partial charge is 0.251 e. The summed E-state index contributed by atoms with van der Waals surface area (Å²) in [5.41, 5.74) is 3.92. The Morgan fingerprint density at radius 2 is 1.83 bits per heavy atom. The molecule has 0 saturated heterocycles. The topological polar surface area (TPSA) is 96.8 Å². The Morgan fingerprint density at radius 1 is 1.00 bits per heavy atom. The maximum Gasteiger partial charge on any atom is 0.251 e. The van der Waals surface area contributed by atoms with Crippen molar-refractivity contribution in [1.82, 2.24) is 24.6 Å². The van der Waals surface area contributed by atoms with Gasteiger partial charge in [-0.25, -0.2) is 19.5 Å². The number of aromatic nitrogens is 5. The summed E-state index contributed by atoms with van der Waals surface area (Å²) in [5.74, 6) is 3.16. The highest BCUT2D eigenvalue weighted by molar-refractivity contribution is 7.13. The lowest BCUT2D eigenvalue weighted by molar-refractivity contribution is 0.303. The van der Waals surface area contributed by atoms with Gasteiger partial charge in [0.1, 0.15) is 40.1 Å². The Kier molecular flexibility index (Phi) is 5.49. The van der Waals surface area contributed by atoms with E-state index in [4.69, 9.17) is 23.6 Å². The number of aryl methyl sites for hydroxylation is 1. The molecular weight excluding hydrogens is 478 g/mol. The zero-order valence-corrected chi connectivity index (χ0v) is 20.6. The van der Waals surface area contributed by atoms with Crippen molar-refractivity contribution in [3.8, 4) is 39.3 Å². The maximum atomic E-state index is 6.19. The molecule has 0 aliphatic heterocycles. The summed E-state index contributed by atoms with van der Waals surface area (Å²) in [5, 5.41) is 8.13. The molecule has 0 aliphatic carbocycles. The van der Waals surface area contributed by atoms with Gasteiger partial charge in [0.25, 0.3) is 5.78 Å². The van der Waals surface area contributed by atoms with Gasteiger partial charge in [0, 0.05) is 23.1 Å². The molecule has 4 heterocycles. The number of thiazole rings is 1. The highest BCUT2D eigenvalue weighted by Gasteiger charge is 2.17. The van der Waals surface area contributed by atoms with Crippen LogP contribution in [0.15, 0.2) is 64.7 Å². The number of ether oxygens (including phenoxy) is 3. The number of imidazole rings is 1. The van der Waals surface area contributed by atoms with Crippen LogP contribution in [0.25, 0.3) is 38.8 Å². The van der Waals surface area contributed by atoms with E-state index in [0.717, 1.165) is 33.1 Å². The first-order valence-corrected chi connectivity index (χ1v) is 12.0. The quantitative estimate of drug-likeness (QED) is 0.281. The van der Waals surface area contributed by atoms with Crippen LogP contribution >= 0.6 is 11.3 Å². The monoisotopic (exact) mass is 499 g/mol. The second-order valence-electron chi connectivity index (χ2n) is 8.08. The summed E-state index contributed by atoms with van der Waals surface area (Å²) in [6, 6.07) is 13.4. The molecule has 0 bridgehead atoms. The molecule has 6 rings (SSSR count). The number of hydrogen-bond donors (Lipinski definition) is 0. The van der Waals surface area contributed by atoms with Crippen molar-refractivity contribution in [1.29, 1.82) is 0 Å². The standard InChI is InChI=1S/C26H21N5O4S/c1-15-11-27-26-29-21(12-31(26)30-15)24-10-20-22(8-19(33-3)9-23(20)35-24)34-13-17-14-36-25(28-17)16-4-6-18(32-2)7-5-16/h4-12,14H,13H2,1-3H3. The van der Waals surface area contributed by atoms with E-state index in [1.165, 1.54) is 0 Å². The lowest BCUT2D eigenvalue weighted by atomic mass is 10.2. The highest BCUT2D eigenvalue weighted by atomic mass is 32.1. The van der Waals surface area contributed by atoms with E-state index in [-0.39, 0.29) is 0 Å². The molecule has 9 nitrogen and oxygen atoms in total. The Balaban J connectivity index is 1.28. The third kappa shape index (κ3) is 4.11. The Morgan fingerprint density at radius 3 is 2.64 bits per heavy atom. The van der Waals surface area contributed by atoms with E-state index in [1.54, 1.807) is 42.5 Å². The van der Waals surface area contributed by atoms with Crippen LogP contribution in [-0.2, 0) is 6.61 Å². The summed E-state index contributed by atoms with van der Waals surface area (Å²) in [4.78, 5) is 13.6. The van der Waals surface area contributed by atoms with Crippen molar-refractivity contribution in [2.24, 2.45) is 0 Å². The predicted octanol–water partition coefficient (Wildman–Crippen LogP) is 5.57. The fourth-order valence-electron chi connectivity index (χ4n) is 3.83. The molecule has 0 atom stereocenters. The minimum absolute atomic E-state index is 0.302. The van der Waals surface area contributed by atoms with Gasteiger partial charge in [0.15, 0.2) is 5.76 Å². The molecule has 0 unspecified atom stereocenters. The number of furan rings is 1. The van der Waals surface area contributed by atoms with Crippen molar-refractivity contribution >= 4 is 28.1 Å². The molecule has 0 saturated carbocycles. The van der Waals surface area contributed by atoms with Gasteiger partial charge in [-0.2, -0.15) is 5.10 Å². The first kappa shape index (κ1) is 22.1. The number of hydrogen-bond acceptors (Lipinski definition) is 9. The number of nitrogens with zero attached hydrogens (tertiary/aromatic N) is 5. The summed E-state index contributed by atoms with van der Waals surface area (Å²) in [7, 11) is 3.26. The maximum absolute atomic E-state index is 6.19. The van der Waals surface area contributed by atoms with E-state index in [1.807, 2.05) is 54.8 Å². The SMILES string of the molecule is COc1ccc(-c2nc(COc3cc(OC)cc4oc(-c5cn6nc(C)cnc6n5)cc34)cs2)cc1. The van der Waals surface area contributed by atoms with Crippen molar-refractivity contribution in [2.75, 3.05) is 14.2 Å². The molecule has 0 spiro atoms. The first-order chi connectivity index (χ1) is 17.6. The highest BCUT2D eigenvalue weighted by Crippen LogP contribution is 2.37. The van der Waals surface area contributed by atoms with Gasteiger partial charge in [-0.3, -0.25) is 0 Å². The molecular formula is C26H21N5O4S. The molecule has 10 heteroatoms. The van der Waals surface area contributed by atoms with Crippen molar-refractivity contribution in [2.45, 2.75) is 13.5 Å². The Hall–Kier alpha value is -4.44. The lowest BCUT2D eigenvalue weighted by Crippen LogP contribution is -1.97. The van der Waals surface area contributed by atoms with Crippen molar-refractivity contribution in [3.05, 3.63) is 71.6 Å². The van der Waals surface area contributed by atoms with Crippen LogP contribution in [0, 0.1) is 6.92 Å². The molecule has 6 aromatic rings. The van der Waals surface area contributed by atoms with Crippen LogP contribution in [-0.4, -0.2) is 38.8 Å². The fourth-order valence-corrected chi connectivity index (χ4v) is 4.64. The van der Waals surface area contributed by atoms with Gasteiger partial charge in [-0.05, 0) is 37.3 Å². The molecule has 0 fully saturated rings. The lowest BCUT2D eigenvalue weighted by Gasteiger charge is -2.08. The van der Waals surface area contributed by atoms with E-state index in [9.17, 15) is 0 Å². The van der Waals surface area contributed by atoms with Crippen LogP contribution in [0.1, 0.15) is 11.4 Å². The van der Waals surface area contributed by atoms with Crippen molar-refractivity contribution in [3.63, 3.8) is 0 Å². The van der Waals surface area contributed by atoms with E-state index < -0.39 is 0 Å². The summed E-state index contributed by atoms with van der Waals surface area (Å²) < 4.78 is 24.6. The van der Waals surface area contributed by atoms with Gasteiger partial charge < -0.3 is 18.6 Å². The number of methoxy groups -OCH3 is 2. The average molecular weight is 500 g/mol. The van der Waals surface area contributed by atoms with Gasteiger partial charge in [0.05, 0.1) is 43.4 Å². The Bertz CT molecular complexity index is 1690. The zero-order valence-electron chi connectivity index (χ0n) is 19.8. The fraction of sp³-hybridized carbons (Fsp3) is 0.154. The van der Waals surface area contributed by atoms with E-state index >= 15 is 0 Å². The molecule has 180 valence electrons. The summed E-state index contributed by atoms with van der Waals surface area (Å²) in [6.07, 6.45) is 3.47. The van der Waals surface area contributed by atoms with Gasteiger partial charge >= 0.3 is 0 Å². The van der Waals surface area contributed by atoms with E-state index in [2.05, 4.69) is 15.1 Å². The summed E-state index contributed by atoms with van der Waals surface area (Å²) in [6.45, 7) is 2.18. The van der Waals surface area contributed by atoms with E-state index in [0.29, 0.717) is 40.9 Å². The molecule has 4 aromatic heterocycles. The van der Waals surface area contributed by atoms with Crippen LogP contribution in [0.3, 0.4) is 0 Å². The zero-order chi connectivity index (χ0) is 24.6. The minimum Gasteiger partial charge on any atom is -0.497 e. The Labute approximate surface area is 209 Å².